The summed E-state index contributed by atoms with van der Waals surface area (Å²) in [7, 11) is 0. The first-order valence-corrected chi connectivity index (χ1v) is 19.4. The molecule has 9 aliphatic rings. The van der Waals surface area contributed by atoms with Crippen molar-refractivity contribution in [1.29, 1.82) is 0 Å². The molecular weight excluding hydrogens is 494 g/mol. The van der Waals surface area contributed by atoms with E-state index in [0.717, 1.165) is 76.0 Å². The Morgan fingerprint density at radius 3 is 1.92 bits per heavy atom. The minimum absolute atomic E-state index is 0.631. The summed E-state index contributed by atoms with van der Waals surface area (Å²) >= 11 is 2.59. The van der Waals surface area contributed by atoms with E-state index < -0.39 is 0 Å². The maximum Gasteiger partial charge on any atom is 0.0621 e. The Morgan fingerprint density at radius 1 is 0.462 bits per heavy atom. The van der Waals surface area contributed by atoms with Crippen molar-refractivity contribution in [2.45, 2.75) is 176 Å². The van der Waals surface area contributed by atoms with Crippen LogP contribution in [0.2, 0.25) is 0 Å². The average Bonchev–Trinajstić information content (AvgIpc) is 3.66. The molecule has 3 aliphatic heterocycles. The highest BCUT2D eigenvalue weighted by Crippen LogP contribution is 2.64. The third-order valence-corrected chi connectivity index (χ3v) is 17.0. The van der Waals surface area contributed by atoms with E-state index in [0.29, 0.717) is 12.2 Å². The molecule has 9 rings (SSSR count). The maximum atomic E-state index is 6.81. The van der Waals surface area contributed by atoms with E-state index in [1.165, 1.54) is 77.0 Å². The second-order valence-corrected chi connectivity index (χ2v) is 17.7. The molecule has 2 nitrogen and oxygen atoms in total. The van der Waals surface area contributed by atoms with Gasteiger partial charge in [0.15, 0.2) is 0 Å². The van der Waals surface area contributed by atoms with E-state index in [2.05, 4.69) is 16.7 Å². The molecule has 218 valence electrons. The SMILES string of the molecule is C1CCC2C(C1)OC1CCC3C4CCCC(C5CCCC(N6C7CCCCC7C7CCCCC76)C5)C4SC3C12. The molecule has 3 saturated heterocycles. The number of hydrogen-bond acceptors (Lipinski definition) is 3. The lowest BCUT2D eigenvalue weighted by molar-refractivity contribution is -0.00346. The molecule has 15 atom stereocenters. The summed E-state index contributed by atoms with van der Waals surface area (Å²) in [5, 5.41) is 1.96. The molecule has 0 radical (unpaired) electrons. The van der Waals surface area contributed by atoms with Gasteiger partial charge in [0.1, 0.15) is 0 Å². The molecule has 3 heteroatoms. The molecule has 0 aromatic rings. The highest BCUT2D eigenvalue weighted by atomic mass is 32.2. The van der Waals surface area contributed by atoms with Crippen LogP contribution in [0.1, 0.15) is 135 Å². The van der Waals surface area contributed by atoms with Crippen LogP contribution in [0.5, 0.6) is 0 Å². The summed E-state index contributed by atoms with van der Waals surface area (Å²) in [6.07, 6.45) is 33.2. The second-order valence-electron chi connectivity index (χ2n) is 16.4. The molecule has 3 heterocycles. The van der Waals surface area contributed by atoms with Crippen LogP contribution < -0.4 is 0 Å². The van der Waals surface area contributed by atoms with Gasteiger partial charge in [-0.2, -0.15) is 11.8 Å². The van der Waals surface area contributed by atoms with E-state index in [1.807, 2.05) is 0 Å². The number of ether oxygens (including phenoxy) is 1. The van der Waals surface area contributed by atoms with Crippen LogP contribution in [0.4, 0.5) is 0 Å². The Bertz CT molecular complexity index is 871. The highest BCUT2D eigenvalue weighted by molar-refractivity contribution is 8.00. The van der Waals surface area contributed by atoms with Gasteiger partial charge >= 0.3 is 0 Å². The number of rotatable bonds is 2. The fourth-order valence-electron chi connectivity index (χ4n) is 13.7. The lowest BCUT2D eigenvalue weighted by Gasteiger charge is -2.47. The summed E-state index contributed by atoms with van der Waals surface area (Å²) in [5.74, 6) is 8.15. The zero-order chi connectivity index (χ0) is 25.5. The van der Waals surface area contributed by atoms with Crippen molar-refractivity contribution in [2.24, 2.45) is 47.3 Å². The van der Waals surface area contributed by atoms with Crippen molar-refractivity contribution in [3.8, 4) is 0 Å². The van der Waals surface area contributed by atoms with E-state index in [4.69, 9.17) is 4.74 Å². The second kappa shape index (κ2) is 10.5. The summed E-state index contributed by atoms with van der Waals surface area (Å²) in [6.45, 7) is 0. The summed E-state index contributed by atoms with van der Waals surface area (Å²) in [5.41, 5.74) is 0. The minimum atomic E-state index is 0.631. The van der Waals surface area contributed by atoms with Gasteiger partial charge in [-0.1, -0.05) is 57.8 Å². The van der Waals surface area contributed by atoms with Gasteiger partial charge in [0.2, 0.25) is 0 Å². The lowest BCUT2D eigenvalue weighted by atomic mass is 9.62. The molecule has 0 aromatic heterocycles. The van der Waals surface area contributed by atoms with Gasteiger partial charge in [-0.15, -0.1) is 0 Å². The van der Waals surface area contributed by atoms with Crippen molar-refractivity contribution in [3.05, 3.63) is 0 Å². The normalized spacial score (nSPS) is 57.1. The Hall–Kier alpha value is 0.270. The van der Waals surface area contributed by atoms with Crippen molar-refractivity contribution in [3.63, 3.8) is 0 Å². The van der Waals surface area contributed by atoms with Gasteiger partial charge in [-0.3, -0.25) is 4.90 Å². The van der Waals surface area contributed by atoms with Gasteiger partial charge < -0.3 is 4.74 Å². The first kappa shape index (κ1) is 25.7. The number of fused-ring (bicyclic) bond motifs is 10. The Morgan fingerprint density at radius 2 is 1.10 bits per heavy atom. The number of hydrogen-bond donors (Lipinski definition) is 0. The molecule has 0 N–H and O–H groups in total. The zero-order valence-electron chi connectivity index (χ0n) is 24.8. The first-order chi connectivity index (χ1) is 19.3. The number of nitrogens with zero attached hydrogens (tertiary/aromatic N) is 1. The van der Waals surface area contributed by atoms with Crippen LogP contribution in [0, 0.1) is 47.3 Å². The van der Waals surface area contributed by atoms with Gasteiger partial charge in [0.05, 0.1) is 12.2 Å². The summed E-state index contributed by atoms with van der Waals surface area (Å²) in [6, 6.07) is 2.88. The minimum Gasteiger partial charge on any atom is -0.374 e. The van der Waals surface area contributed by atoms with Gasteiger partial charge in [0.25, 0.3) is 0 Å². The third kappa shape index (κ3) is 4.14. The van der Waals surface area contributed by atoms with E-state index in [-0.39, 0.29) is 0 Å². The van der Waals surface area contributed by atoms with Crippen LogP contribution >= 0.6 is 11.8 Å². The zero-order valence-corrected chi connectivity index (χ0v) is 25.6. The third-order valence-electron chi connectivity index (χ3n) is 15.0. The highest BCUT2D eigenvalue weighted by Gasteiger charge is 2.60. The first-order valence-electron chi connectivity index (χ1n) is 18.4. The monoisotopic (exact) mass is 551 g/mol. The molecule has 0 spiro atoms. The standard InChI is InChI=1S/C36H57NOS/c1-4-16-30-25(11-1)26-12-2-5-17-31(26)37(30)23-10-7-9-22(21-23)24-14-8-15-27-28-19-20-33-34(36(28)39-35(24)27)29-13-3-6-18-32(29)38-33/h22-36H,1-21H2. The van der Waals surface area contributed by atoms with Gasteiger partial charge in [-0.05, 0) is 118 Å². The van der Waals surface area contributed by atoms with E-state index >= 15 is 0 Å². The van der Waals surface area contributed by atoms with Crippen LogP contribution in [0.25, 0.3) is 0 Å². The van der Waals surface area contributed by atoms with Crippen LogP contribution in [0.15, 0.2) is 0 Å². The van der Waals surface area contributed by atoms with Crippen LogP contribution in [-0.4, -0.2) is 45.7 Å². The molecule has 0 aromatic carbocycles. The van der Waals surface area contributed by atoms with Crippen molar-refractivity contribution >= 4 is 11.8 Å². The molecule has 0 bridgehead atoms. The predicted molar refractivity (Wildman–Crippen MR) is 162 cm³/mol. The van der Waals surface area contributed by atoms with E-state index in [1.54, 1.807) is 57.8 Å². The van der Waals surface area contributed by atoms with Crippen molar-refractivity contribution in [2.75, 3.05) is 0 Å². The van der Waals surface area contributed by atoms with Crippen molar-refractivity contribution in [1.82, 2.24) is 4.90 Å². The topological polar surface area (TPSA) is 12.5 Å². The molecule has 15 unspecified atom stereocenters. The molecular formula is C36H57NOS. The van der Waals surface area contributed by atoms with Crippen LogP contribution in [0.3, 0.4) is 0 Å². The molecule has 39 heavy (non-hydrogen) atoms. The van der Waals surface area contributed by atoms with Gasteiger partial charge in [-0.25, -0.2) is 0 Å². The Labute approximate surface area is 243 Å². The van der Waals surface area contributed by atoms with Crippen LogP contribution in [-0.2, 0) is 4.74 Å². The molecule has 0 amide bonds. The number of likely N-dealkylation sites (tertiary alicyclic amines) is 1. The molecule has 9 fully saturated rings. The smallest absolute Gasteiger partial charge is 0.0621 e. The largest absolute Gasteiger partial charge is 0.374 e. The summed E-state index contributed by atoms with van der Waals surface area (Å²) < 4.78 is 6.81. The van der Waals surface area contributed by atoms with Crippen molar-refractivity contribution < 1.29 is 4.74 Å². The molecule has 6 saturated carbocycles. The maximum absolute atomic E-state index is 6.81. The fraction of sp³-hybridized carbons (Fsp3) is 1.00. The van der Waals surface area contributed by atoms with E-state index in [9.17, 15) is 0 Å². The Balaban J connectivity index is 0.943. The quantitative estimate of drug-likeness (QED) is 0.340. The average molecular weight is 552 g/mol. The Kier molecular flexibility index (Phi) is 6.91. The fourth-order valence-corrected chi connectivity index (χ4v) is 16.3. The lowest BCUT2D eigenvalue weighted by Crippen LogP contribution is -2.49. The molecule has 6 aliphatic carbocycles. The van der Waals surface area contributed by atoms with Gasteiger partial charge in [0, 0.05) is 34.5 Å². The summed E-state index contributed by atoms with van der Waals surface area (Å²) in [4.78, 5) is 3.28. The number of thioether (sulfide) groups is 1. The predicted octanol–water partition coefficient (Wildman–Crippen LogP) is 8.86.